The molecule has 0 bridgehead atoms. The summed E-state index contributed by atoms with van der Waals surface area (Å²) in [5.74, 6) is -0.760. The minimum Gasteiger partial charge on any atom is -0.481 e. The predicted molar refractivity (Wildman–Crippen MR) is 77.3 cm³/mol. The SMILES string of the molecule is COC(=O)c1ccc(NC2CCCC(C(=O)O)C2)nc1C. The summed E-state index contributed by atoms with van der Waals surface area (Å²) in [6.45, 7) is 1.75. The van der Waals surface area contributed by atoms with Crippen LogP contribution in [-0.4, -0.2) is 35.2 Å². The topological polar surface area (TPSA) is 88.5 Å². The average Bonchev–Trinajstić information content (AvgIpc) is 2.47. The number of methoxy groups -OCH3 is 1. The first-order valence-corrected chi connectivity index (χ1v) is 7.06. The standard InChI is InChI=1S/C15H20N2O4/c1-9-12(15(20)21-2)6-7-13(16-9)17-11-5-3-4-10(8-11)14(18)19/h6-7,10-11H,3-5,8H2,1-2H3,(H,16,17)(H,18,19). The summed E-state index contributed by atoms with van der Waals surface area (Å²) in [6, 6.07) is 3.51. The smallest absolute Gasteiger partial charge is 0.339 e. The Bertz CT molecular complexity index is 544. The van der Waals surface area contributed by atoms with Gasteiger partial charge in [0, 0.05) is 6.04 Å². The molecule has 1 aliphatic carbocycles. The van der Waals surface area contributed by atoms with Crippen LogP contribution < -0.4 is 5.32 Å². The Morgan fingerprint density at radius 1 is 1.38 bits per heavy atom. The maximum atomic E-state index is 11.5. The van der Waals surface area contributed by atoms with Crippen molar-refractivity contribution in [3.05, 3.63) is 23.4 Å². The monoisotopic (exact) mass is 292 g/mol. The van der Waals surface area contributed by atoms with Crippen molar-refractivity contribution in [3.8, 4) is 0 Å². The first-order chi connectivity index (χ1) is 10.0. The van der Waals surface area contributed by atoms with E-state index in [2.05, 4.69) is 15.0 Å². The highest BCUT2D eigenvalue weighted by molar-refractivity contribution is 5.90. The number of ether oxygens (including phenoxy) is 1. The normalized spacial score (nSPS) is 21.6. The number of anilines is 1. The number of carbonyl (C=O) groups is 2. The second-order valence-corrected chi connectivity index (χ2v) is 5.36. The lowest BCUT2D eigenvalue weighted by molar-refractivity contribution is -0.142. The van der Waals surface area contributed by atoms with Gasteiger partial charge in [-0.05, 0) is 38.3 Å². The molecule has 0 amide bonds. The molecule has 6 nitrogen and oxygen atoms in total. The van der Waals surface area contributed by atoms with Gasteiger partial charge >= 0.3 is 11.9 Å². The lowest BCUT2D eigenvalue weighted by Gasteiger charge is -2.27. The first-order valence-electron chi connectivity index (χ1n) is 7.06. The number of carboxylic acid groups (broad SMARTS) is 1. The van der Waals surface area contributed by atoms with Crippen LogP contribution in [0.4, 0.5) is 5.82 Å². The Morgan fingerprint density at radius 2 is 2.14 bits per heavy atom. The molecule has 1 aromatic heterocycles. The number of aryl methyl sites for hydroxylation is 1. The maximum absolute atomic E-state index is 11.5. The van der Waals surface area contributed by atoms with Crippen molar-refractivity contribution in [2.75, 3.05) is 12.4 Å². The van der Waals surface area contributed by atoms with E-state index in [4.69, 9.17) is 5.11 Å². The van der Waals surface area contributed by atoms with Crippen LogP contribution in [-0.2, 0) is 9.53 Å². The largest absolute Gasteiger partial charge is 0.481 e. The van der Waals surface area contributed by atoms with E-state index in [1.54, 1.807) is 19.1 Å². The van der Waals surface area contributed by atoms with Crippen LogP contribution in [0.25, 0.3) is 0 Å². The number of nitrogens with one attached hydrogen (secondary N) is 1. The molecule has 0 aliphatic heterocycles. The lowest BCUT2D eigenvalue weighted by atomic mass is 9.86. The number of pyridine rings is 1. The lowest BCUT2D eigenvalue weighted by Crippen LogP contribution is -2.31. The van der Waals surface area contributed by atoms with Crippen LogP contribution in [0.2, 0.25) is 0 Å². The molecule has 0 spiro atoms. The maximum Gasteiger partial charge on any atom is 0.339 e. The minimum absolute atomic E-state index is 0.107. The summed E-state index contributed by atoms with van der Waals surface area (Å²) < 4.78 is 4.68. The fraction of sp³-hybridized carbons (Fsp3) is 0.533. The van der Waals surface area contributed by atoms with Gasteiger partial charge in [0.25, 0.3) is 0 Å². The van der Waals surface area contributed by atoms with E-state index in [0.29, 0.717) is 23.5 Å². The number of hydrogen-bond acceptors (Lipinski definition) is 5. The molecule has 1 heterocycles. The third-order valence-corrected chi connectivity index (χ3v) is 3.87. The summed E-state index contributed by atoms with van der Waals surface area (Å²) in [5.41, 5.74) is 1.03. The average molecular weight is 292 g/mol. The van der Waals surface area contributed by atoms with Gasteiger partial charge in [-0.1, -0.05) is 6.42 Å². The zero-order valence-corrected chi connectivity index (χ0v) is 12.3. The molecule has 1 aliphatic rings. The van der Waals surface area contributed by atoms with E-state index >= 15 is 0 Å². The van der Waals surface area contributed by atoms with E-state index < -0.39 is 11.9 Å². The number of carboxylic acids is 1. The molecule has 0 radical (unpaired) electrons. The number of aliphatic carboxylic acids is 1. The fourth-order valence-corrected chi connectivity index (χ4v) is 2.72. The first kappa shape index (κ1) is 15.3. The quantitative estimate of drug-likeness (QED) is 0.827. The molecule has 2 unspecified atom stereocenters. The molecule has 6 heteroatoms. The highest BCUT2D eigenvalue weighted by Crippen LogP contribution is 2.26. The Hall–Kier alpha value is -2.11. The summed E-state index contributed by atoms with van der Waals surface area (Å²) in [4.78, 5) is 26.9. The third kappa shape index (κ3) is 3.71. The summed E-state index contributed by atoms with van der Waals surface area (Å²) in [7, 11) is 1.34. The number of nitrogens with zero attached hydrogens (tertiary/aromatic N) is 1. The van der Waals surface area contributed by atoms with E-state index in [9.17, 15) is 9.59 Å². The highest BCUT2D eigenvalue weighted by atomic mass is 16.5. The van der Waals surface area contributed by atoms with Crippen LogP contribution >= 0.6 is 0 Å². The number of aromatic nitrogens is 1. The molecule has 0 saturated heterocycles. The van der Waals surface area contributed by atoms with Crippen molar-refractivity contribution in [1.82, 2.24) is 4.98 Å². The van der Waals surface area contributed by atoms with Gasteiger partial charge in [-0.15, -0.1) is 0 Å². The summed E-state index contributed by atoms with van der Waals surface area (Å²) in [5, 5.41) is 12.4. The van der Waals surface area contributed by atoms with E-state index in [1.807, 2.05) is 0 Å². The Labute approximate surface area is 123 Å². The van der Waals surface area contributed by atoms with Crippen molar-refractivity contribution < 1.29 is 19.4 Å². The second-order valence-electron chi connectivity index (χ2n) is 5.36. The molecular weight excluding hydrogens is 272 g/mol. The second kappa shape index (κ2) is 6.56. The van der Waals surface area contributed by atoms with Gasteiger partial charge in [-0.3, -0.25) is 4.79 Å². The van der Waals surface area contributed by atoms with Gasteiger partial charge in [-0.25, -0.2) is 9.78 Å². The van der Waals surface area contributed by atoms with Gasteiger partial charge in [0.2, 0.25) is 0 Å². The minimum atomic E-state index is -0.730. The number of carbonyl (C=O) groups excluding carboxylic acids is 1. The van der Waals surface area contributed by atoms with Gasteiger partial charge in [0.1, 0.15) is 5.82 Å². The van der Waals surface area contributed by atoms with Crippen LogP contribution in [0.3, 0.4) is 0 Å². The Kier molecular flexibility index (Phi) is 4.77. The van der Waals surface area contributed by atoms with Crippen molar-refractivity contribution in [1.29, 1.82) is 0 Å². The molecule has 2 rings (SSSR count). The Balaban J connectivity index is 2.04. The van der Waals surface area contributed by atoms with E-state index in [0.717, 1.165) is 19.3 Å². The molecule has 114 valence electrons. The zero-order chi connectivity index (χ0) is 15.4. The van der Waals surface area contributed by atoms with Crippen LogP contribution in [0.5, 0.6) is 0 Å². The van der Waals surface area contributed by atoms with Gasteiger partial charge in [0.15, 0.2) is 0 Å². The fourth-order valence-electron chi connectivity index (χ4n) is 2.72. The van der Waals surface area contributed by atoms with Crippen LogP contribution in [0, 0.1) is 12.8 Å². The van der Waals surface area contributed by atoms with Crippen molar-refractivity contribution >= 4 is 17.8 Å². The van der Waals surface area contributed by atoms with Crippen molar-refractivity contribution in [2.24, 2.45) is 5.92 Å². The van der Waals surface area contributed by atoms with E-state index in [1.165, 1.54) is 7.11 Å². The Morgan fingerprint density at radius 3 is 2.76 bits per heavy atom. The van der Waals surface area contributed by atoms with Gasteiger partial charge in [0.05, 0.1) is 24.3 Å². The molecule has 0 aromatic carbocycles. The van der Waals surface area contributed by atoms with Crippen LogP contribution in [0.15, 0.2) is 12.1 Å². The summed E-state index contributed by atoms with van der Waals surface area (Å²) in [6.07, 6.45) is 3.17. The van der Waals surface area contributed by atoms with Crippen molar-refractivity contribution in [2.45, 2.75) is 38.6 Å². The molecular formula is C15H20N2O4. The van der Waals surface area contributed by atoms with Gasteiger partial charge in [-0.2, -0.15) is 0 Å². The number of hydrogen-bond donors (Lipinski definition) is 2. The molecule has 1 saturated carbocycles. The zero-order valence-electron chi connectivity index (χ0n) is 12.3. The number of rotatable bonds is 4. The highest BCUT2D eigenvalue weighted by Gasteiger charge is 2.27. The van der Waals surface area contributed by atoms with E-state index in [-0.39, 0.29) is 12.0 Å². The predicted octanol–water partition coefficient (Wildman–Crippen LogP) is 2.23. The summed E-state index contributed by atoms with van der Waals surface area (Å²) >= 11 is 0. The molecule has 21 heavy (non-hydrogen) atoms. The molecule has 1 aromatic rings. The molecule has 1 fully saturated rings. The van der Waals surface area contributed by atoms with Crippen molar-refractivity contribution in [3.63, 3.8) is 0 Å². The van der Waals surface area contributed by atoms with Gasteiger partial charge < -0.3 is 15.2 Å². The van der Waals surface area contributed by atoms with Crippen LogP contribution in [0.1, 0.15) is 41.7 Å². The molecule has 2 N–H and O–H groups in total. The third-order valence-electron chi connectivity index (χ3n) is 3.87. The molecule has 2 atom stereocenters. The number of esters is 1.